The average molecular weight is 381 g/mol. The van der Waals surface area contributed by atoms with Crippen molar-refractivity contribution < 1.29 is 4.79 Å². The number of thiazole rings is 1. The van der Waals surface area contributed by atoms with Gasteiger partial charge in [0, 0.05) is 18.4 Å². The molecule has 3 rings (SSSR count). The molecule has 0 radical (unpaired) electrons. The highest BCUT2D eigenvalue weighted by atomic mass is 32.1. The first-order chi connectivity index (χ1) is 13.1. The second-order valence-electron chi connectivity index (χ2n) is 6.26. The smallest absolute Gasteiger partial charge is 0.267 e. The van der Waals surface area contributed by atoms with Gasteiger partial charge in [-0.05, 0) is 49.8 Å². The van der Waals surface area contributed by atoms with Crippen molar-refractivity contribution in [1.29, 1.82) is 0 Å². The van der Waals surface area contributed by atoms with Gasteiger partial charge in [-0.25, -0.2) is 4.98 Å². The number of anilines is 1. The first kappa shape index (κ1) is 19.2. The predicted molar refractivity (Wildman–Crippen MR) is 111 cm³/mol. The standard InChI is InChI=1S/C21H24N4OS/c1-4-25(5-2)14-16-9-8-10-17(13-16)24-20(26)19-15(3)23-21(27-19)18-11-6-7-12-22-18/h6-13H,4-5,14H2,1-3H3,(H,24,26). The maximum atomic E-state index is 12.8. The van der Waals surface area contributed by atoms with Crippen LogP contribution in [0.1, 0.15) is 34.8 Å². The van der Waals surface area contributed by atoms with Crippen LogP contribution in [0.15, 0.2) is 48.7 Å². The van der Waals surface area contributed by atoms with Crippen molar-refractivity contribution in [3.8, 4) is 10.7 Å². The van der Waals surface area contributed by atoms with Crippen LogP contribution < -0.4 is 5.32 Å². The molecule has 1 N–H and O–H groups in total. The number of nitrogens with one attached hydrogen (secondary N) is 1. The fourth-order valence-electron chi connectivity index (χ4n) is 2.85. The first-order valence-electron chi connectivity index (χ1n) is 9.12. The molecule has 0 atom stereocenters. The number of pyridine rings is 1. The summed E-state index contributed by atoms with van der Waals surface area (Å²) >= 11 is 1.37. The first-order valence-corrected chi connectivity index (χ1v) is 9.93. The fraction of sp³-hybridized carbons (Fsp3) is 0.286. The summed E-state index contributed by atoms with van der Waals surface area (Å²) in [6.45, 7) is 9.05. The molecule has 0 bridgehead atoms. The zero-order chi connectivity index (χ0) is 19.2. The van der Waals surface area contributed by atoms with Crippen molar-refractivity contribution in [1.82, 2.24) is 14.9 Å². The van der Waals surface area contributed by atoms with E-state index in [0.717, 1.165) is 41.7 Å². The summed E-state index contributed by atoms with van der Waals surface area (Å²) in [5.74, 6) is -0.132. The molecule has 2 aromatic heterocycles. The molecule has 0 fully saturated rings. The van der Waals surface area contributed by atoms with Gasteiger partial charge < -0.3 is 5.32 Å². The van der Waals surface area contributed by atoms with Gasteiger partial charge in [0.05, 0.1) is 11.4 Å². The Labute approximate surface area is 164 Å². The second-order valence-corrected chi connectivity index (χ2v) is 7.26. The lowest BCUT2D eigenvalue weighted by Gasteiger charge is -2.18. The number of hydrogen-bond donors (Lipinski definition) is 1. The van der Waals surface area contributed by atoms with Crippen LogP contribution in [0.4, 0.5) is 5.69 Å². The number of aromatic nitrogens is 2. The maximum Gasteiger partial charge on any atom is 0.267 e. The van der Waals surface area contributed by atoms with Gasteiger partial charge in [-0.1, -0.05) is 32.0 Å². The highest BCUT2D eigenvalue weighted by molar-refractivity contribution is 7.17. The molecule has 6 heteroatoms. The van der Waals surface area contributed by atoms with E-state index in [1.165, 1.54) is 16.9 Å². The molecular weight excluding hydrogens is 356 g/mol. The molecule has 0 saturated heterocycles. The van der Waals surface area contributed by atoms with Gasteiger partial charge in [-0.3, -0.25) is 14.7 Å². The van der Waals surface area contributed by atoms with Crippen molar-refractivity contribution in [3.63, 3.8) is 0 Å². The van der Waals surface area contributed by atoms with Crippen LogP contribution in [0.3, 0.4) is 0 Å². The quantitative estimate of drug-likeness (QED) is 0.650. The number of benzene rings is 1. The molecule has 0 aliphatic carbocycles. The van der Waals surface area contributed by atoms with Gasteiger partial charge >= 0.3 is 0 Å². The number of amides is 1. The van der Waals surface area contributed by atoms with E-state index in [-0.39, 0.29) is 5.91 Å². The van der Waals surface area contributed by atoms with Crippen LogP contribution in [0.2, 0.25) is 0 Å². The number of carbonyl (C=O) groups excluding carboxylic acids is 1. The van der Waals surface area contributed by atoms with Crippen molar-refractivity contribution >= 4 is 22.9 Å². The SMILES string of the molecule is CCN(CC)Cc1cccc(NC(=O)c2sc(-c3ccccn3)nc2C)c1. The average Bonchev–Trinajstić information content (AvgIpc) is 3.09. The minimum absolute atomic E-state index is 0.132. The van der Waals surface area contributed by atoms with Crippen molar-refractivity contribution in [3.05, 3.63) is 64.8 Å². The zero-order valence-corrected chi connectivity index (χ0v) is 16.7. The van der Waals surface area contributed by atoms with Crippen LogP contribution in [0.5, 0.6) is 0 Å². The van der Waals surface area contributed by atoms with Gasteiger partial charge in [-0.15, -0.1) is 11.3 Å². The summed E-state index contributed by atoms with van der Waals surface area (Å²) in [6, 6.07) is 13.7. The Balaban J connectivity index is 1.75. The van der Waals surface area contributed by atoms with E-state index in [1.54, 1.807) is 6.20 Å². The molecule has 5 nitrogen and oxygen atoms in total. The van der Waals surface area contributed by atoms with Gasteiger partial charge in [0.25, 0.3) is 5.91 Å². The maximum absolute atomic E-state index is 12.8. The molecule has 0 aliphatic heterocycles. The molecule has 0 aliphatic rings. The van der Waals surface area contributed by atoms with E-state index >= 15 is 0 Å². The summed E-state index contributed by atoms with van der Waals surface area (Å²) in [5, 5.41) is 3.76. The molecule has 27 heavy (non-hydrogen) atoms. The lowest BCUT2D eigenvalue weighted by molar-refractivity contribution is 0.103. The lowest BCUT2D eigenvalue weighted by atomic mass is 10.2. The lowest BCUT2D eigenvalue weighted by Crippen LogP contribution is -2.22. The van der Waals surface area contributed by atoms with E-state index in [9.17, 15) is 4.79 Å². The van der Waals surface area contributed by atoms with Crippen LogP contribution >= 0.6 is 11.3 Å². The molecule has 1 amide bonds. The van der Waals surface area contributed by atoms with E-state index in [1.807, 2.05) is 43.3 Å². The van der Waals surface area contributed by atoms with E-state index in [4.69, 9.17) is 0 Å². The molecule has 1 aromatic carbocycles. The Hall–Kier alpha value is -2.57. The molecule has 0 unspecified atom stereocenters. The van der Waals surface area contributed by atoms with Crippen LogP contribution in [-0.2, 0) is 6.54 Å². The van der Waals surface area contributed by atoms with Crippen LogP contribution in [0.25, 0.3) is 10.7 Å². The summed E-state index contributed by atoms with van der Waals surface area (Å²) in [4.78, 5) is 24.5. The third kappa shape index (κ3) is 4.78. The largest absolute Gasteiger partial charge is 0.321 e. The molecule has 140 valence electrons. The summed E-state index contributed by atoms with van der Waals surface area (Å²) in [5.41, 5.74) is 3.49. The van der Waals surface area contributed by atoms with E-state index in [2.05, 4.69) is 40.1 Å². The highest BCUT2D eigenvalue weighted by Gasteiger charge is 2.17. The van der Waals surface area contributed by atoms with Crippen molar-refractivity contribution in [2.24, 2.45) is 0 Å². The fourth-order valence-corrected chi connectivity index (χ4v) is 3.78. The summed E-state index contributed by atoms with van der Waals surface area (Å²) < 4.78 is 0. The summed E-state index contributed by atoms with van der Waals surface area (Å²) in [7, 11) is 0. The van der Waals surface area contributed by atoms with E-state index in [0.29, 0.717) is 4.88 Å². The number of carbonyl (C=O) groups is 1. The van der Waals surface area contributed by atoms with Crippen molar-refractivity contribution in [2.45, 2.75) is 27.3 Å². The highest BCUT2D eigenvalue weighted by Crippen LogP contribution is 2.27. The van der Waals surface area contributed by atoms with E-state index < -0.39 is 0 Å². The second kappa shape index (κ2) is 8.88. The number of aryl methyl sites for hydroxylation is 1. The normalized spacial score (nSPS) is 11.0. The minimum atomic E-state index is -0.132. The number of rotatable bonds is 7. The minimum Gasteiger partial charge on any atom is -0.321 e. The number of nitrogens with zero attached hydrogens (tertiary/aromatic N) is 3. The molecule has 0 spiro atoms. The zero-order valence-electron chi connectivity index (χ0n) is 15.9. The van der Waals surface area contributed by atoms with Crippen LogP contribution in [0, 0.1) is 6.92 Å². The monoisotopic (exact) mass is 380 g/mol. The van der Waals surface area contributed by atoms with Gasteiger partial charge in [0.1, 0.15) is 9.88 Å². The Morgan fingerprint density at radius 3 is 2.67 bits per heavy atom. The van der Waals surface area contributed by atoms with Crippen LogP contribution in [-0.4, -0.2) is 33.9 Å². The Morgan fingerprint density at radius 1 is 1.15 bits per heavy atom. The molecule has 2 heterocycles. The third-order valence-corrected chi connectivity index (χ3v) is 5.55. The molecular formula is C21H24N4OS. The van der Waals surface area contributed by atoms with Gasteiger partial charge in [0.2, 0.25) is 0 Å². The molecule has 3 aromatic rings. The summed E-state index contributed by atoms with van der Waals surface area (Å²) in [6.07, 6.45) is 1.73. The Kier molecular flexibility index (Phi) is 6.32. The predicted octanol–water partition coefficient (Wildman–Crippen LogP) is 4.61. The Bertz CT molecular complexity index is 904. The Morgan fingerprint density at radius 2 is 1.96 bits per heavy atom. The topological polar surface area (TPSA) is 58.1 Å². The number of hydrogen-bond acceptors (Lipinski definition) is 5. The van der Waals surface area contributed by atoms with Gasteiger partial charge in [-0.2, -0.15) is 0 Å². The van der Waals surface area contributed by atoms with Crippen molar-refractivity contribution in [2.75, 3.05) is 18.4 Å². The third-order valence-electron chi connectivity index (χ3n) is 4.37. The molecule has 0 saturated carbocycles. The van der Waals surface area contributed by atoms with Gasteiger partial charge in [0.15, 0.2) is 0 Å².